The predicted molar refractivity (Wildman–Crippen MR) is 109 cm³/mol. The summed E-state index contributed by atoms with van der Waals surface area (Å²) in [7, 11) is 0. The highest BCUT2D eigenvalue weighted by Crippen LogP contribution is 2.22. The van der Waals surface area contributed by atoms with Gasteiger partial charge in [-0.25, -0.2) is 0 Å². The van der Waals surface area contributed by atoms with Crippen LogP contribution in [0.25, 0.3) is 11.3 Å². The minimum Gasteiger partial charge on any atom is -0.325 e. The number of carbonyl (C=O) groups is 1. The molecule has 0 aliphatic heterocycles. The SMILES string of the molecule is Cc1cc(C)cc(NC(=O)CSc2ccc(-c3ccc([N+](=O)[O-])cc3)nn2)c1. The third kappa shape index (κ3) is 5.14. The zero-order valence-corrected chi connectivity index (χ0v) is 16.2. The van der Waals surface area contributed by atoms with Crippen LogP contribution in [-0.4, -0.2) is 26.8 Å². The predicted octanol–water partition coefficient (Wildman–Crippen LogP) is 4.40. The first kappa shape index (κ1) is 19.5. The average molecular weight is 394 g/mol. The Morgan fingerprint density at radius 1 is 1.04 bits per heavy atom. The van der Waals surface area contributed by atoms with E-state index in [0.29, 0.717) is 10.7 Å². The van der Waals surface area contributed by atoms with Gasteiger partial charge in [0.2, 0.25) is 5.91 Å². The van der Waals surface area contributed by atoms with Gasteiger partial charge in [0, 0.05) is 23.4 Å². The van der Waals surface area contributed by atoms with Crippen LogP contribution < -0.4 is 5.32 Å². The van der Waals surface area contributed by atoms with E-state index < -0.39 is 4.92 Å². The van der Waals surface area contributed by atoms with Crippen molar-refractivity contribution < 1.29 is 9.72 Å². The molecule has 3 rings (SSSR count). The van der Waals surface area contributed by atoms with E-state index in [1.165, 1.54) is 23.9 Å². The van der Waals surface area contributed by atoms with Crippen molar-refractivity contribution in [2.45, 2.75) is 18.9 Å². The summed E-state index contributed by atoms with van der Waals surface area (Å²) in [6, 6.07) is 15.6. The number of aromatic nitrogens is 2. The monoisotopic (exact) mass is 394 g/mol. The Morgan fingerprint density at radius 2 is 1.71 bits per heavy atom. The van der Waals surface area contributed by atoms with Crippen LogP contribution in [0.15, 0.2) is 59.6 Å². The number of hydrogen-bond acceptors (Lipinski definition) is 6. The lowest BCUT2D eigenvalue weighted by Gasteiger charge is -2.07. The van der Waals surface area contributed by atoms with E-state index in [-0.39, 0.29) is 17.3 Å². The van der Waals surface area contributed by atoms with Crippen LogP contribution in [-0.2, 0) is 4.79 Å². The molecule has 0 bridgehead atoms. The molecule has 142 valence electrons. The molecule has 2 aromatic carbocycles. The maximum atomic E-state index is 12.1. The lowest BCUT2D eigenvalue weighted by Crippen LogP contribution is -2.14. The summed E-state index contributed by atoms with van der Waals surface area (Å²) in [6.45, 7) is 3.97. The number of non-ortho nitro benzene ring substituents is 1. The highest BCUT2D eigenvalue weighted by molar-refractivity contribution is 7.99. The first-order valence-corrected chi connectivity index (χ1v) is 9.49. The lowest BCUT2D eigenvalue weighted by atomic mass is 10.1. The smallest absolute Gasteiger partial charge is 0.269 e. The second-order valence-electron chi connectivity index (χ2n) is 6.27. The Labute approximate surface area is 166 Å². The number of benzene rings is 2. The molecule has 7 nitrogen and oxygen atoms in total. The topological polar surface area (TPSA) is 98.0 Å². The zero-order chi connectivity index (χ0) is 20.1. The molecule has 3 aromatic rings. The molecule has 0 atom stereocenters. The average Bonchev–Trinajstić information content (AvgIpc) is 2.66. The summed E-state index contributed by atoms with van der Waals surface area (Å²) in [5.41, 5.74) is 4.34. The Balaban J connectivity index is 1.58. The molecule has 0 unspecified atom stereocenters. The second kappa shape index (κ2) is 8.62. The van der Waals surface area contributed by atoms with Gasteiger partial charge in [0.25, 0.3) is 5.69 Å². The van der Waals surface area contributed by atoms with Crippen molar-refractivity contribution >= 4 is 29.0 Å². The highest BCUT2D eigenvalue weighted by atomic mass is 32.2. The maximum absolute atomic E-state index is 12.1. The standard InChI is InChI=1S/C20H18N4O3S/c1-13-9-14(2)11-16(10-13)21-19(25)12-28-20-8-7-18(22-23-20)15-3-5-17(6-4-15)24(26)27/h3-11H,12H2,1-2H3,(H,21,25). The van der Waals surface area contributed by atoms with Crippen molar-refractivity contribution in [3.63, 3.8) is 0 Å². The van der Waals surface area contributed by atoms with Gasteiger partial charge in [-0.15, -0.1) is 10.2 Å². The van der Waals surface area contributed by atoms with Gasteiger partial charge in [0.1, 0.15) is 5.03 Å². The Bertz CT molecular complexity index is 985. The minimum atomic E-state index is -0.446. The van der Waals surface area contributed by atoms with Gasteiger partial charge >= 0.3 is 0 Å². The first-order chi connectivity index (χ1) is 13.4. The number of anilines is 1. The number of nitro benzene ring substituents is 1. The number of amides is 1. The molecule has 0 fully saturated rings. The van der Waals surface area contributed by atoms with E-state index in [9.17, 15) is 14.9 Å². The molecule has 0 radical (unpaired) electrons. The number of carbonyl (C=O) groups excluding carboxylic acids is 1. The lowest BCUT2D eigenvalue weighted by molar-refractivity contribution is -0.384. The summed E-state index contributed by atoms with van der Waals surface area (Å²) >= 11 is 1.29. The Morgan fingerprint density at radius 3 is 2.29 bits per heavy atom. The summed E-state index contributed by atoms with van der Waals surface area (Å²) < 4.78 is 0. The number of nitrogens with one attached hydrogen (secondary N) is 1. The molecule has 28 heavy (non-hydrogen) atoms. The summed E-state index contributed by atoms with van der Waals surface area (Å²) in [4.78, 5) is 22.4. The normalized spacial score (nSPS) is 10.5. The minimum absolute atomic E-state index is 0.0266. The summed E-state index contributed by atoms with van der Waals surface area (Å²) in [6.07, 6.45) is 0. The zero-order valence-electron chi connectivity index (χ0n) is 15.4. The quantitative estimate of drug-likeness (QED) is 0.378. The van der Waals surface area contributed by atoms with Crippen LogP contribution in [0.3, 0.4) is 0 Å². The molecule has 0 aliphatic rings. The van der Waals surface area contributed by atoms with Gasteiger partial charge < -0.3 is 5.32 Å². The van der Waals surface area contributed by atoms with E-state index in [4.69, 9.17) is 0 Å². The van der Waals surface area contributed by atoms with Gasteiger partial charge in [0.15, 0.2) is 0 Å². The molecule has 1 amide bonds. The number of hydrogen-bond donors (Lipinski definition) is 1. The third-order valence-corrected chi connectivity index (χ3v) is 4.79. The number of nitro groups is 1. The fraction of sp³-hybridized carbons (Fsp3) is 0.150. The molecule has 0 spiro atoms. The van der Waals surface area contributed by atoms with E-state index >= 15 is 0 Å². The molecule has 1 heterocycles. The highest BCUT2D eigenvalue weighted by Gasteiger charge is 2.08. The van der Waals surface area contributed by atoms with Crippen LogP contribution in [0.4, 0.5) is 11.4 Å². The fourth-order valence-corrected chi connectivity index (χ4v) is 3.30. The number of aryl methyl sites for hydroxylation is 2. The first-order valence-electron chi connectivity index (χ1n) is 8.50. The molecule has 0 aliphatic carbocycles. The molecule has 0 saturated carbocycles. The van der Waals surface area contributed by atoms with Gasteiger partial charge in [0.05, 0.1) is 16.4 Å². The fourth-order valence-electron chi connectivity index (χ4n) is 2.69. The van der Waals surface area contributed by atoms with Crippen molar-refractivity contribution in [1.82, 2.24) is 10.2 Å². The van der Waals surface area contributed by atoms with E-state index in [1.54, 1.807) is 24.3 Å². The van der Waals surface area contributed by atoms with Crippen molar-refractivity contribution in [2.75, 3.05) is 11.1 Å². The van der Waals surface area contributed by atoms with Crippen molar-refractivity contribution in [2.24, 2.45) is 0 Å². The van der Waals surface area contributed by atoms with Crippen LogP contribution in [0.1, 0.15) is 11.1 Å². The van der Waals surface area contributed by atoms with Crippen LogP contribution in [0.5, 0.6) is 0 Å². The van der Waals surface area contributed by atoms with E-state index in [0.717, 1.165) is 22.4 Å². The van der Waals surface area contributed by atoms with E-state index in [2.05, 4.69) is 15.5 Å². The van der Waals surface area contributed by atoms with Crippen molar-refractivity contribution in [3.05, 3.63) is 75.8 Å². The van der Waals surface area contributed by atoms with Gasteiger partial charge in [-0.3, -0.25) is 14.9 Å². The van der Waals surface area contributed by atoms with Crippen LogP contribution in [0, 0.1) is 24.0 Å². The van der Waals surface area contributed by atoms with E-state index in [1.807, 2.05) is 32.0 Å². The van der Waals surface area contributed by atoms with Gasteiger partial charge in [-0.1, -0.05) is 17.8 Å². The molecule has 8 heteroatoms. The molecule has 1 aromatic heterocycles. The Kier molecular flexibility index (Phi) is 6.00. The number of nitrogens with zero attached hydrogens (tertiary/aromatic N) is 3. The molecule has 0 saturated heterocycles. The van der Waals surface area contributed by atoms with Crippen molar-refractivity contribution in [3.8, 4) is 11.3 Å². The maximum Gasteiger partial charge on any atom is 0.269 e. The third-order valence-electron chi connectivity index (χ3n) is 3.87. The summed E-state index contributed by atoms with van der Waals surface area (Å²) in [5, 5.41) is 22.5. The van der Waals surface area contributed by atoms with Gasteiger partial charge in [-0.2, -0.15) is 0 Å². The molecular formula is C20H18N4O3S. The Hall–Kier alpha value is -3.26. The summed E-state index contributed by atoms with van der Waals surface area (Å²) in [5.74, 6) is 0.106. The van der Waals surface area contributed by atoms with Crippen LogP contribution in [0.2, 0.25) is 0 Å². The number of thioether (sulfide) groups is 1. The number of rotatable bonds is 6. The van der Waals surface area contributed by atoms with Crippen LogP contribution >= 0.6 is 11.8 Å². The van der Waals surface area contributed by atoms with Gasteiger partial charge in [-0.05, 0) is 61.4 Å². The largest absolute Gasteiger partial charge is 0.325 e. The molecule has 1 N–H and O–H groups in total. The van der Waals surface area contributed by atoms with Crippen molar-refractivity contribution in [1.29, 1.82) is 0 Å². The molecular weight excluding hydrogens is 376 g/mol. The second-order valence-corrected chi connectivity index (χ2v) is 7.27.